The lowest BCUT2D eigenvalue weighted by atomic mass is 10.2. The number of rotatable bonds is 4. The largest absolute Gasteiger partial charge is 0.337 e. The molecule has 3 aromatic heterocycles. The van der Waals surface area contributed by atoms with Gasteiger partial charge in [0.15, 0.2) is 5.82 Å². The first-order valence-electron chi connectivity index (χ1n) is 8.20. The fourth-order valence-corrected chi connectivity index (χ4v) is 2.94. The van der Waals surface area contributed by atoms with E-state index in [1.807, 2.05) is 30.9 Å². The zero-order valence-corrected chi connectivity index (χ0v) is 13.9. The van der Waals surface area contributed by atoms with Gasteiger partial charge in [-0.05, 0) is 26.7 Å². The molecular weight excluding hydrogens is 304 g/mol. The average molecular weight is 324 g/mol. The second kappa shape index (κ2) is 6.03. The van der Waals surface area contributed by atoms with Gasteiger partial charge in [-0.15, -0.1) is 10.2 Å². The molecule has 1 aliphatic rings. The van der Waals surface area contributed by atoms with Crippen molar-refractivity contribution in [2.45, 2.75) is 46.2 Å². The summed E-state index contributed by atoms with van der Waals surface area (Å²) in [5, 5.41) is 16.3. The van der Waals surface area contributed by atoms with Crippen molar-refractivity contribution in [1.29, 1.82) is 0 Å². The van der Waals surface area contributed by atoms with E-state index in [4.69, 9.17) is 0 Å². The van der Waals surface area contributed by atoms with Crippen molar-refractivity contribution in [3.05, 3.63) is 41.6 Å². The van der Waals surface area contributed by atoms with Crippen molar-refractivity contribution in [3.8, 4) is 0 Å². The quantitative estimate of drug-likeness (QED) is 0.790. The van der Waals surface area contributed by atoms with E-state index >= 15 is 0 Å². The third kappa shape index (κ3) is 2.86. The third-order valence-corrected chi connectivity index (χ3v) is 4.23. The Bertz CT molecular complexity index is 863. The molecule has 0 bridgehead atoms. The van der Waals surface area contributed by atoms with Crippen LogP contribution in [-0.4, -0.2) is 34.5 Å². The molecule has 1 N–H and O–H groups in total. The molecule has 8 nitrogen and oxygen atoms in total. The van der Waals surface area contributed by atoms with Crippen LogP contribution in [0.25, 0.3) is 0 Å². The van der Waals surface area contributed by atoms with Crippen LogP contribution < -0.4 is 5.32 Å². The summed E-state index contributed by atoms with van der Waals surface area (Å²) >= 11 is 0. The van der Waals surface area contributed by atoms with Gasteiger partial charge in [-0.2, -0.15) is 5.10 Å². The topological polar surface area (TPSA) is 86.3 Å². The molecule has 0 aliphatic carbocycles. The molecule has 0 fully saturated rings. The lowest BCUT2D eigenvalue weighted by Crippen LogP contribution is -2.15. The predicted molar refractivity (Wildman–Crippen MR) is 89.1 cm³/mol. The first kappa shape index (κ1) is 14.8. The first-order valence-corrected chi connectivity index (χ1v) is 8.20. The van der Waals surface area contributed by atoms with Crippen LogP contribution in [0.4, 0.5) is 11.5 Å². The van der Waals surface area contributed by atoms with Gasteiger partial charge in [0.05, 0.1) is 11.9 Å². The predicted octanol–water partition coefficient (Wildman–Crippen LogP) is 2.01. The number of aromatic nitrogens is 7. The van der Waals surface area contributed by atoms with Crippen molar-refractivity contribution in [2.75, 3.05) is 5.32 Å². The summed E-state index contributed by atoms with van der Waals surface area (Å²) in [7, 11) is 0. The van der Waals surface area contributed by atoms with E-state index in [1.165, 1.54) is 12.8 Å². The Balaban J connectivity index is 1.51. The van der Waals surface area contributed by atoms with E-state index in [2.05, 4.69) is 35.1 Å². The smallest absolute Gasteiger partial charge is 0.154 e. The third-order valence-electron chi connectivity index (χ3n) is 4.23. The second-order valence-corrected chi connectivity index (χ2v) is 6.14. The molecule has 0 radical (unpaired) electrons. The molecule has 0 amide bonds. The molecule has 0 unspecified atom stereocenters. The molecule has 4 heterocycles. The minimum absolute atomic E-state index is 0.621. The van der Waals surface area contributed by atoms with Crippen molar-refractivity contribution in [1.82, 2.24) is 34.5 Å². The highest BCUT2D eigenvalue weighted by Gasteiger charge is 2.16. The highest BCUT2D eigenvalue weighted by Crippen LogP contribution is 2.18. The standard InChI is InChI=1S/C16H20N8/c1-11-7-17-12(2)19-16(11)20-13-8-18-23(9-13)10-15-22-21-14-5-3-4-6-24(14)15/h7-9H,3-6,10H2,1-2H3,(H,17,19,20). The fourth-order valence-electron chi connectivity index (χ4n) is 2.94. The van der Waals surface area contributed by atoms with Gasteiger partial charge in [0.2, 0.25) is 0 Å². The molecule has 0 spiro atoms. The van der Waals surface area contributed by atoms with Crippen LogP contribution in [0, 0.1) is 13.8 Å². The van der Waals surface area contributed by atoms with Crippen LogP contribution in [0.15, 0.2) is 18.6 Å². The minimum atomic E-state index is 0.621. The molecule has 3 aromatic rings. The summed E-state index contributed by atoms with van der Waals surface area (Å²) in [5.41, 5.74) is 1.90. The van der Waals surface area contributed by atoms with Gasteiger partial charge in [0.1, 0.15) is 24.0 Å². The van der Waals surface area contributed by atoms with Gasteiger partial charge in [-0.25, -0.2) is 9.97 Å². The summed E-state index contributed by atoms with van der Waals surface area (Å²) in [5.74, 6) is 3.61. The molecule has 24 heavy (non-hydrogen) atoms. The normalized spacial score (nSPS) is 13.8. The lowest BCUT2D eigenvalue weighted by Gasteiger charge is -2.14. The number of hydrogen-bond donors (Lipinski definition) is 1. The number of hydrogen-bond acceptors (Lipinski definition) is 6. The Labute approximate surface area is 140 Å². The Kier molecular flexibility index (Phi) is 3.72. The number of fused-ring (bicyclic) bond motifs is 1. The summed E-state index contributed by atoms with van der Waals surface area (Å²) < 4.78 is 4.09. The van der Waals surface area contributed by atoms with Crippen LogP contribution in [0.2, 0.25) is 0 Å². The fraction of sp³-hybridized carbons (Fsp3) is 0.438. The molecule has 0 saturated heterocycles. The number of aryl methyl sites for hydroxylation is 3. The zero-order chi connectivity index (χ0) is 16.5. The van der Waals surface area contributed by atoms with Gasteiger partial charge in [0, 0.05) is 30.9 Å². The summed E-state index contributed by atoms with van der Waals surface area (Å²) in [6.07, 6.45) is 8.98. The summed E-state index contributed by atoms with van der Waals surface area (Å²) in [6, 6.07) is 0. The van der Waals surface area contributed by atoms with E-state index in [1.54, 1.807) is 6.20 Å². The van der Waals surface area contributed by atoms with E-state index < -0.39 is 0 Å². The number of anilines is 2. The maximum absolute atomic E-state index is 4.42. The molecule has 4 rings (SSSR count). The highest BCUT2D eigenvalue weighted by molar-refractivity contribution is 5.56. The minimum Gasteiger partial charge on any atom is -0.337 e. The number of nitrogens with zero attached hydrogens (tertiary/aromatic N) is 7. The van der Waals surface area contributed by atoms with Crippen molar-refractivity contribution < 1.29 is 0 Å². The molecule has 0 aromatic carbocycles. The molecule has 124 valence electrons. The Morgan fingerprint density at radius 2 is 2.08 bits per heavy atom. The van der Waals surface area contributed by atoms with Crippen LogP contribution in [0.1, 0.15) is 35.9 Å². The van der Waals surface area contributed by atoms with Gasteiger partial charge in [-0.3, -0.25) is 4.68 Å². The summed E-state index contributed by atoms with van der Waals surface area (Å²) in [6.45, 7) is 5.48. The van der Waals surface area contributed by atoms with Crippen molar-refractivity contribution in [3.63, 3.8) is 0 Å². The van der Waals surface area contributed by atoms with Gasteiger partial charge >= 0.3 is 0 Å². The zero-order valence-electron chi connectivity index (χ0n) is 13.9. The van der Waals surface area contributed by atoms with E-state index in [0.717, 1.165) is 47.5 Å². The SMILES string of the molecule is Cc1ncc(C)c(Nc2cnn(Cc3nnc4n3CCCC4)c2)n1. The molecule has 8 heteroatoms. The highest BCUT2D eigenvalue weighted by atomic mass is 15.3. The Hall–Kier alpha value is -2.77. The monoisotopic (exact) mass is 324 g/mol. The van der Waals surface area contributed by atoms with E-state index in [0.29, 0.717) is 6.54 Å². The van der Waals surface area contributed by atoms with Crippen LogP contribution in [0.5, 0.6) is 0 Å². The van der Waals surface area contributed by atoms with Gasteiger partial charge in [-0.1, -0.05) is 0 Å². The molecule has 0 saturated carbocycles. The van der Waals surface area contributed by atoms with Crippen LogP contribution >= 0.6 is 0 Å². The van der Waals surface area contributed by atoms with Crippen molar-refractivity contribution in [2.24, 2.45) is 0 Å². The maximum Gasteiger partial charge on any atom is 0.154 e. The molecular formula is C16H20N8. The molecule has 1 aliphatic heterocycles. The lowest BCUT2D eigenvalue weighted by molar-refractivity contribution is 0.496. The van der Waals surface area contributed by atoms with Gasteiger partial charge < -0.3 is 9.88 Å². The maximum atomic E-state index is 4.42. The van der Waals surface area contributed by atoms with E-state index in [-0.39, 0.29) is 0 Å². The van der Waals surface area contributed by atoms with E-state index in [9.17, 15) is 0 Å². The van der Waals surface area contributed by atoms with Crippen molar-refractivity contribution >= 4 is 11.5 Å². The Morgan fingerprint density at radius 1 is 1.17 bits per heavy atom. The summed E-state index contributed by atoms with van der Waals surface area (Å²) in [4.78, 5) is 8.61. The van der Waals surface area contributed by atoms with Crippen LogP contribution in [0.3, 0.4) is 0 Å². The number of nitrogens with one attached hydrogen (secondary N) is 1. The first-order chi connectivity index (χ1) is 11.7. The average Bonchev–Trinajstić information content (AvgIpc) is 3.19. The van der Waals surface area contributed by atoms with Crippen LogP contribution in [-0.2, 0) is 19.5 Å². The van der Waals surface area contributed by atoms with Gasteiger partial charge in [0.25, 0.3) is 0 Å². The second-order valence-electron chi connectivity index (χ2n) is 6.14. The molecule has 0 atom stereocenters. The Morgan fingerprint density at radius 3 is 3.00 bits per heavy atom.